The van der Waals surface area contributed by atoms with Gasteiger partial charge in [0.05, 0.1) is 20.4 Å². The number of hydrogen-bond donors (Lipinski definition) is 1. The highest BCUT2D eigenvalue weighted by Gasteiger charge is 2.22. The van der Waals surface area contributed by atoms with Crippen LogP contribution >= 0.6 is 11.3 Å². The first-order valence-electron chi connectivity index (χ1n) is 5.86. The molecule has 1 rings (SSSR count). The van der Waals surface area contributed by atoms with E-state index in [1.165, 1.54) is 20.4 Å². The Morgan fingerprint density at radius 1 is 1.37 bits per heavy atom. The average molecular weight is 286 g/mol. The summed E-state index contributed by atoms with van der Waals surface area (Å²) < 4.78 is 9.34. The van der Waals surface area contributed by atoms with Crippen LogP contribution in [0.25, 0.3) is 0 Å². The molecule has 1 N–H and O–H groups in total. The van der Waals surface area contributed by atoms with Gasteiger partial charge in [-0.2, -0.15) is 0 Å². The fourth-order valence-electron chi connectivity index (χ4n) is 1.51. The molecule has 1 aromatic rings. The molecule has 0 radical (unpaired) electrons. The van der Waals surface area contributed by atoms with Crippen molar-refractivity contribution in [3.8, 4) is 0 Å². The highest BCUT2D eigenvalue weighted by atomic mass is 32.1. The Morgan fingerprint density at radius 2 is 2.05 bits per heavy atom. The van der Waals surface area contributed by atoms with Crippen molar-refractivity contribution < 1.29 is 19.1 Å². The van der Waals surface area contributed by atoms with E-state index >= 15 is 0 Å². The summed E-state index contributed by atoms with van der Waals surface area (Å²) in [7, 11) is 2.66. The molecular weight excluding hydrogens is 268 g/mol. The number of methoxy groups -OCH3 is 2. The van der Waals surface area contributed by atoms with Gasteiger partial charge < -0.3 is 14.8 Å². The number of carbonyl (C=O) groups excluding carboxylic acids is 2. The minimum atomic E-state index is -0.471. The molecule has 1 heterocycles. The molecule has 1 atom stereocenters. The number of nitrogens with zero attached hydrogens (tertiary/aromatic N) is 1. The number of aromatic nitrogens is 1. The smallest absolute Gasteiger partial charge is 0.349 e. The van der Waals surface area contributed by atoms with Gasteiger partial charge in [0.25, 0.3) is 0 Å². The number of carbonyl (C=O) groups is 2. The zero-order valence-electron chi connectivity index (χ0n) is 11.4. The topological polar surface area (TPSA) is 77.5 Å². The molecule has 0 saturated heterocycles. The van der Waals surface area contributed by atoms with Crippen LogP contribution in [-0.4, -0.2) is 37.2 Å². The summed E-state index contributed by atoms with van der Waals surface area (Å²) in [4.78, 5) is 27.4. The van der Waals surface area contributed by atoms with E-state index in [-0.39, 0.29) is 5.97 Å². The van der Waals surface area contributed by atoms with Crippen LogP contribution in [0.5, 0.6) is 0 Å². The van der Waals surface area contributed by atoms with Crippen molar-refractivity contribution in [3.63, 3.8) is 0 Å². The van der Waals surface area contributed by atoms with Gasteiger partial charge in [0.2, 0.25) is 0 Å². The molecule has 0 spiro atoms. The lowest BCUT2D eigenvalue weighted by Crippen LogP contribution is -2.32. The van der Waals surface area contributed by atoms with E-state index in [1.807, 2.05) is 13.8 Å². The zero-order chi connectivity index (χ0) is 14.4. The van der Waals surface area contributed by atoms with Gasteiger partial charge in [0.1, 0.15) is 10.9 Å². The average Bonchev–Trinajstić information content (AvgIpc) is 2.84. The largest absolute Gasteiger partial charge is 0.467 e. The Labute approximate surface area is 116 Å². The second-order valence-electron chi connectivity index (χ2n) is 4.37. The van der Waals surface area contributed by atoms with Gasteiger partial charge in [-0.05, 0) is 12.3 Å². The minimum absolute atomic E-state index is 0.330. The summed E-state index contributed by atoms with van der Waals surface area (Å²) in [6.07, 6.45) is 2.04. The Kier molecular flexibility index (Phi) is 5.75. The van der Waals surface area contributed by atoms with Gasteiger partial charge in [0.15, 0.2) is 5.13 Å². The third-order valence-corrected chi connectivity index (χ3v) is 3.29. The molecule has 0 aliphatic rings. The van der Waals surface area contributed by atoms with E-state index in [9.17, 15) is 9.59 Å². The van der Waals surface area contributed by atoms with Crippen molar-refractivity contribution in [3.05, 3.63) is 11.1 Å². The molecule has 0 saturated carbocycles. The predicted octanol–water partition coefficient (Wildman–Crippen LogP) is 1.93. The van der Waals surface area contributed by atoms with Gasteiger partial charge in [-0.15, -0.1) is 0 Å². The Hall–Kier alpha value is -1.63. The number of anilines is 1. The van der Waals surface area contributed by atoms with Gasteiger partial charge in [0, 0.05) is 0 Å². The fraction of sp³-hybridized carbons (Fsp3) is 0.583. The maximum absolute atomic E-state index is 11.6. The minimum Gasteiger partial charge on any atom is -0.467 e. The Bertz CT molecular complexity index is 445. The van der Waals surface area contributed by atoms with Crippen LogP contribution < -0.4 is 5.32 Å². The number of thiazole rings is 1. The molecule has 7 heteroatoms. The number of ether oxygens (including phenoxy) is 2. The number of esters is 2. The van der Waals surface area contributed by atoms with E-state index in [1.54, 1.807) is 0 Å². The highest BCUT2D eigenvalue weighted by molar-refractivity contribution is 7.17. The molecule has 106 valence electrons. The van der Waals surface area contributed by atoms with Crippen LogP contribution in [0.1, 0.15) is 29.9 Å². The van der Waals surface area contributed by atoms with Crippen LogP contribution in [-0.2, 0) is 14.3 Å². The van der Waals surface area contributed by atoms with Crippen molar-refractivity contribution in [1.82, 2.24) is 4.98 Å². The van der Waals surface area contributed by atoms with Crippen molar-refractivity contribution in [1.29, 1.82) is 0 Å². The first-order chi connectivity index (χ1) is 8.97. The van der Waals surface area contributed by atoms with E-state index in [0.717, 1.165) is 11.3 Å². The standard InChI is InChI=1S/C12H18N2O4S/c1-7(2)5-8(10(15)17-3)14-12-13-6-9(19-12)11(16)18-4/h6-8H,5H2,1-4H3,(H,13,14). The predicted molar refractivity (Wildman–Crippen MR) is 72.3 cm³/mol. The fourth-order valence-corrected chi connectivity index (χ4v) is 2.30. The number of rotatable bonds is 6. The van der Waals surface area contributed by atoms with Crippen molar-refractivity contribution in [2.45, 2.75) is 26.3 Å². The molecule has 0 aliphatic heterocycles. The summed E-state index contributed by atoms with van der Waals surface area (Å²) in [6, 6.07) is -0.471. The lowest BCUT2D eigenvalue weighted by Gasteiger charge is -2.17. The molecule has 19 heavy (non-hydrogen) atoms. The van der Waals surface area contributed by atoms with Gasteiger partial charge >= 0.3 is 11.9 Å². The van der Waals surface area contributed by atoms with E-state index < -0.39 is 12.0 Å². The molecule has 0 fully saturated rings. The third-order valence-electron chi connectivity index (χ3n) is 2.38. The Balaban J connectivity index is 2.76. The molecule has 0 bridgehead atoms. The van der Waals surface area contributed by atoms with E-state index in [4.69, 9.17) is 4.74 Å². The van der Waals surface area contributed by atoms with Crippen molar-refractivity contribution >= 4 is 28.4 Å². The second kappa shape index (κ2) is 7.08. The third kappa shape index (κ3) is 4.51. The lowest BCUT2D eigenvalue weighted by molar-refractivity contribution is -0.141. The zero-order valence-corrected chi connectivity index (χ0v) is 12.2. The quantitative estimate of drug-likeness (QED) is 0.805. The molecule has 1 unspecified atom stereocenters. The summed E-state index contributed by atoms with van der Waals surface area (Å²) in [6.45, 7) is 4.03. The monoisotopic (exact) mass is 286 g/mol. The van der Waals surface area contributed by atoms with Crippen LogP contribution in [0.4, 0.5) is 5.13 Å². The van der Waals surface area contributed by atoms with Crippen molar-refractivity contribution in [2.75, 3.05) is 19.5 Å². The molecular formula is C12H18N2O4S. The Morgan fingerprint density at radius 3 is 2.58 bits per heavy atom. The molecule has 1 aromatic heterocycles. The first kappa shape index (κ1) is 15.4. The first-order valence-corrected chi connectivity index (χ1v) is 6.68. The SMILES string of the molecule is COC(=O)c1cnc(NC(CC(C)C)C(=O)OC)s1. The van der Waals surface area contributed by atoms with Crippen LogP contribution in [0, 0.1) is 5.92 Å². The van der Waals surface area contributed by atoms with Crippen LogP contribution in [0.2, 0.25) is 0 Å². The summed E-state index contributed by atoms with van der Waals surface area (Å²) >= 11 is 1.14. The molecule has 6 nitrogen and oxygen atoms in total. The van der Waals surface area contributed by atoms with Crippen molar-refractivity contribution in [2.24, 2.45) is 5.92 Å². The highest BCUT2D eigenvalue weighted by Crippen LogP contribution is 2.21. The van der Waals surface area contributed by atoms with Crippen LogP contribution in [0.15, 0.2) is 6.20 Å². The maximum Gasteiger partial charge on any atom is 0.349 e. The summed E-state index contributed by atoms with van der Waals surface area (Å²) in [5, 5.41) is 3.48. The molecule has 0 aliphatic carbocycles. The summed E-state index contributed by atoms with van der Waals surface area (Å²) in [5.41, 5.74) is 0. The van der Waals surface area contributed by atoms with E-state index in [2.05, 4.69) is 15.0 Å². The maximum atomic E-state index is 11.6. The van der Waals surface area contributed by atoms with Gasteiger partial charge in [-0.1, -0.05) is 25.2 Å². The normalized spacial score (nSPS) is 12.1. The van der Waals surface area contributed by atoms with E-state index in [0.29, 0.717) is 22.3 Å². The van der Waals surface area contributed by atoms with Gasteiger partial charge in [-0.3, -0.25) is 0 Å². The molecule has 0 aromatic carbocycles. The number of nitrogens with one attached hydrogen (secondary N) is 1. The molecule has 0 amide bonds. The lowest BCUT2D eigenvalue weighted by atomic mass is 10.0. The van der Waals surface area contributed by atoms with Gasteiger partial charge in [-0.25, -0.2) is 14.6 Å². The number of hydrogen-bond acceptors (Lipinski definition) is 7. The second-order valence-corrected chi connectivity index (χ2v) is 5.40. The summed E-state index contributed by atoms with van der Waals surface area (Å²) in [5.74, 6) is -0.454. The van der Waals surface area contributed by atoms with Crippen LogP contribution in [0.3, 0.4) is 0 Å².